The number of nitrogens with zero attached hydrogens (tertiary/aromatic N) is 2. The third-order valence-electron chi connectivity index (χ3n) is 4.90. The van der Waals surface area contributed by atoms with Gasteiger partial charge in [-0.1, -0.05) is 29.8 Å². The molecule has 4 aromatic rings. The van der Waals surface area contributed by atoms with Gasteiger partial charge in [0.05, 0.1) is 21.8 Å². The number of amides is 1. The number of hydrazone groups is 1. The molecule has 3 aromatic carbocycles. The number of halogens is 2. The molecule has 0 bridgehead atoms. The number of fused-ring (bicyclic) bond motifs is 1. The second kappa shape index (κ2) is 10.7. The third kappa shape index (κ3) is 5.72. The maximum absolute atomic E-state index is 12.4. The predicted octanol–water partition coefficient (Wildman–Crippen LogP) is 5.95. The molecule has 0 aliphatic heterocycles. The van der Waals surface area contributed by atoms with Gasteiger partial charge in [-0.05, 0) is 58.5 Å². The summed E-state index contributed by atoms with van der Waals surface area (Å²) in [6.07, 6.45) is 1.45. The Bertz CT molecular complexity index is 1450. The third-order valence-corrected chi connectivity index (χ3v) is 6.07. The molecule has 1 heterocycles. The van der Waals surface area contributed by atoms with Gasteiger partial charge in [0.2, 0.25) is 0 Å². The van der Waals surface area contributed by atoms with E-state index < -0.39 is 10.8 Å². The number of rotatable bonds is 8. The van der Waals surface area contributed by atoms with Gasteiger partial charge < -0.3 is 13.9 Å². The molecule has 35 heavy (non-hydrogen) atoms. The van der Waals surface area contributed by atoms with Crippen LogP contribution < -0.4 is 14.9 Å². The number of hydrogen-bond acceptors (Lipinski definition) is 7. The van der Waals surface area contributed by atoms with Gasteiger partial charge in [0, 0.05) is 28.1 Å². The maximum atomic E-state index is 12.4. The van der Waals surface area contributed by atoms with Crippen molar-refractivity contribution in [2.75, 3.05) is 7.11 Å². The fourth-order valence-electron chi connectivity index (χ4n) is 3.20. The van der Waals surface area contributed by atoms with Crippen molar-refractivity contribution in [3.63, 3.8) is 0 Å². The molecule has 9 nitrogen and oxygen atoms in total. The minimum absolute atomic E-state index is 0.0203. The number of non-ortho nitro benzene ring substituents is 1. The van der Waals surface area contributed by atoms with Crippen LogP contribution in [0.25, 0.3) is 11.0 Å². The summed E-state index contributed by atoms with van der Waals surface area (Å²) >= 11 is 8.33. The van der Waals surface area contributed by atoms with Gasteiger partial charge in [-0.3, -0.25) is 14.9 Å². The summed E-state index contributed by atoms with van der Waals surface area (Å²) in [6.45, 7) is 0.274. The summed E-state index contributed by atoms with van der Waals surface area (Å²) in [5.41, 5.74) is 4.16. The first kappa shape index (κ1) is 24.5. The first-order valence-corrected chi connectivity index (χ1v) is 11.6. The van der Waals surface area contributed by atoms with Crippen LogP contribution >= 0.6 is 34.2 Å². The number of nitro benzene ring substituents is 1. The second-order valence-corrected chi connectivity index (χ2v) is 8.77. The average molecular weight is 606 g/mol. The number of methoxy groups -OCH3 is 1. The summed E-state index contributed by atoms with van der Waals surface area (Å²) in [5, 5.41) is 16.0. The topological polar surface area (TPSA) is 116 Å². The number of nitrogens with one attached hydrogen (secondary N) is 1. The highest BCUT2D eigenvalue weighted by atomic mass is 127. The Labute approximate surface area is 218 Å². The van der Waals surface area contributed by atoms with Gasteiger partial charge in [0.25, 0.3) is 5.69 Å². The van der Waals surface area contributed by atoms with Crippen LogP contribution in [0.2, 0.25) is 5.02 Å². The molecule has 0 radical (unpaired) electrons. The highest BCUT2D eigenvalue weighted by Crippen LogP contribution is 2.34. The quantitative estimate of drug-likeness (QED) is 0.115. The van der Waals surface area contributed by atoms with Gasteiger partial charge in [-0.2, -0.15) is 5.10 Å². The highest BCUT2D eigenvalue weighted by molar-refractivity contribution is 14.1. The molecular formula is C24H17ClIN3O6. The van der Waals surface area contributed by atoms with Crippen molar-refractivity contribution < 1.29 is 23.6 Å². The van der Waals surface area contributed by atoms with Crippen LogP contribution in [0.3, 0.4) is 0 Å². The van der Waals surface area contributed by atoms with Gasteiger partial charge in [-0.25, -0.2) is 5.43 Å². The molecule has 178 valence electrons. The van der Waals surface area contributed by atoms with Crippen molar-refractivity contribution in [3.05, 3.63) is 96.3 Å². The lowest BCUT2D eigenvalue weighted by atomic mass is 10.2. The number of carbonyl (C=O) groups excluding carboxylic acids is 1. The number of benzene rings is 3. The van der Waals surface area contributed by atoms with E-state index >= 15 is 0 Å². The Balaban J connectivity index is 1.45. The molecule has 11 heteroatoms. The number of hydrogen-bond donors (Lipinski definition) is 1. The van der Waals surface area contributed by atoms with Crippen LogP contribution in [-0.4, -0.2) is 24.2 Å². The van der Waals surface area contributed by atoms with E-state index in [9.17, 15) is 14.9 Å². The second-order valence-electron chi connectivity index (χ2n) is 7.20. The molecule has 4 rings (SSSR count). The molecule has 0 saturated carbocycles. The molecule has 1 N–H and O–H groups in total. The summed E-state index contributed by atoms with van der Waals surface area (Å²) in [5.74, 6) is 0.441. The van der Waals surface area contributed by atoms with Crippen LogP contribution in [0.4, 0.5) is 5.69 Å². The zero-order valence-electron chi connectivity index (χ0n) is 18.2. The average Bonchev–Trinajstić information content (AvgIpc) is 3.27. The van der Waals surface area contributed by atoms with Gasteiger partial charge in [0.1, 0.15) is 12.2 Å². The van der Waals surface area contributed by atoms with Crippen LogP contribution in [-0.2, 0) is 6.61 Å². The normalized spacial score (nSPS) is 11.1. The predicted molar refractivity (Wildman–Crippen MR) is 139 cm³/mol. The lowest BCUT2D eigenvalue weighted by molar-refractivity contribution is -0.384. The van der Waals surface area contributed by atoms with E-state index in [0.717, 1.165) is 9.13 Å². The van der Waals surface area contributed by atoms with Crippen molar-refractivity contribution in [2.24, 2.45) is 5.10 Å². The van der Waals surface area contributed by atoms with Crippen molar-refractivity contribution in [3.8, 4) is 11.5 Å². The summed E-state index contributed by atoms with van der Waals surface area (Å²) in [7, 11) is 1.53. The van der Waals surface area contributed by atoms with Crippen molar-refractivity contribution in [2.45, 2.75) is 6.61 Å². The van der Waals surface area contributed by atoms with Crippen LogP contribution in [0.15, 0.2) is 70.2 Å². The molecule has 1 amide bonds. The fourth-order valence-corrected chi connectivity index (χ4v) is 4.17. The minimum atomic E-state index is -0.596. The van der Waals surface area contributed by atoms with E-state index in [1.54, 1.807) is 12.1 Å². The molecule has 0 aliphatic rings. The summed E-state index contributed by atoms with van der Waals surface area (Å²) in [6, 6.07) is 16.5. The Morgan fingerprint density at radius 3 is 2.77 bits per heavy atom. The Kier molecular flexibility index (Phi) is 7.51. The smallest absolute Gasteiger partial charge is 0.307 e. The lowest BCUT2D eigenvalue weighted by Gasteiger charge is -2.14. The lowest BCUT2D eigenvalue weighted by Crippen LogP contribution is -2.16. The molecule has 0 unspecified atom stereocenters. The van der Waals surface area contributed by atoms with Crippen molar-refractivity contribution >= 4 is 63.0 Å². The van der Waals surface area contributed by atoms with E-state index in [2.05, 4.69) is 33.1 Å². The minimum Gasteiger partial charge on any atom is -0.493 e. The Morgan fingerprint density at radius 1 is 1.23 bits per heavy atom. The molecule has 0 spiro atoms. The first-order valence-electron chi connectivity index (χ1n) is 10.1. The molecule has 0 saturated heterocycles. The number of nitro groups is 1. The maximum Gasteiger partial charge on any atom is 0.307 e. The number of ether oxygens (including phenoxy) is 2. The molecular weight excluding hydrogens is 589 g/mol. The highest BCUT2D eigenvalue weighted by Gasteiger charge is 2.15. The molecule has 1 aromatic heterocycles. The zero-order chi connectivity index (χ0) is 24.9. The number of furan rings is 1. The van der Waals surface area contributed by atoms with E-state index in [0.29, 0.717) is 33.1 Å². The Hall–Kier alpha value is -3.64. The first-order chi connectivity index (χ1) is 16.9. The monoisotopic (exact) mass is 605 g/mol. The van der Waals surface area contributed by atoms with E-state index in [1.807, 2.05) is 24.3 Å². The van der Waals surface area contributed by atoms with Crippen LogP contribution in [0.1, 0.15) is 21.7 Å². The Morgan fingerprint density at radius 2 is 2.03 bits per heavy atom. The summed E-state index contributed by atoms with van der Waals surface area (Å²) < 4.78 is 17.6. The van der Waals surface area contributed by atoms with Gasteiger partial charge in [-0.15, -0.1) is 0 Å². The summed E-state index contributed by atoms with van der Waals surface area (Å²) in [4.78, 5) is 22.8. The fraction of sp³-hybridized carbons (Fsp3) is 0.0833. The van der Waals surface area contributed by atoms with Crippen LogP contribution in [0.5, 0.6) is 11.5 Å². The van der Waals surface area contributed by atoms with Gasteiger partial charge >= 0.3 is 5.91 Å². The largest absolute Gasteiger partial charge is 0.493 e. The van der Waals surface area contributed by atoms with Gasteiger partial charge in [0.15, 0.2) is 17.3 Å². The van der Waals surface area contributed by atoms with E-state index in [-0.39, 0.29) is 18.1 Å². The SMILES string of the molecule is COc1cc(/C=N/NC(=O)c2cc3cc([N+](=O)[O-])ccc3o2)cc(I)c1OCc1ccccc1Cl. The van der Waals surface area contributed by atoms with Crippen molar-refractivity contribution in [1.82, 2.24) is 5.43 Å². The molecule has 0 atom stereocenters. The standard InChI is InChI=1S/C24H17ClIN3O6/c1-33-21-9-14(8-19(26)23(21)34-13-15-4-2-3-5-18(15)25)12-27-28-24(30)22-11-16-10-17(29(31)32)6-7-20(16)35-22/h2-12H,13H2,1H3,(H,28,30)/b27-12+. The zero-order valence-corrected chi connectivity index (χ0v) is 21.1. The van der Waals surface area contributed by atoms with Crippen molar-refractivity contribution in [1.29, 1.82) is 0 Å². The molecule has 0 fully saturated rings. The molecule has 0 aliphatic carbocycles. The van der Waals surface area contributed by atoms with Crippen LogP contribution in [0, 0.1) is 13.7 Å². The van der Waals surface area contributed by atoms with E-state index in [4.69, 9.17) is 25.5 Å². The number of carbonyl (C=O) groups is 1. The van der Waals surface area contributed by atoms with E-state index in [1.165, 1.54) is 37.6 Å².